The Kier molecular flexibility index (Phi) is 452. The van der Waals surface area contributed by atoms with Gasteiger partial charge in [0.25, 0.3) is 0 Å². The van der Waals surface area contributed by atoms with Gasteiger partial charge in [0.1, 0.15) is 0 Å². The molecule has 0 amide bonds. The molecular formula is B5Cl5Fe4Mg4O15. The Balaban J connectivity index is -0.00000000485. The quantitative estimate of drug-likeness (QED) is 0.206. The molecule has 0 aliphatic rings. The first-order chi connectivity index (χ1) is 8.66. The van der Waals surface area contributed by atoms with Crippen molar-refractivity contribution in [2.75, 3.05) is 0 Å². The predicted octanol–water partition coefficient (Wildman–Crippen LogP) is -36.3. The van der Waals surface area contributed by atoms with E-state index in [1.165, 1.54) is 0 Å². The summed E-state index contributed by atoms with van der Waals surface area (Å²) in [7, 11) is -14.6. The van der Waals surface area contributed by atoms with Gasteiger partial charge in [-0.1, -0.05) is 0 Å². The van der Waals surface area contributed by atoms with Crippen LogP contribution < -0.4 is 137 Å². The van der Waals surface area contributed by atoms with Gasteiger partial charge in [0.2, 0.25) is 0 Å². The zero-order valence-corrected chi connectivity index (χ0v) is 29.0. The molecule has 180 valence electrons. The number of hydrogen-bond donors (Lipinski definition) is 0. The second-order valence-electron chi connectivity index (χ2n) is 1.44. The molecule has 0 aromatic carbocycles. The van der Waals surface area contributed by atoms with Crippen molar-refractivity contribution in [2.45, 2.75) is 0 Å². The van der Waals surface area contributed by atoms with Crippen LogP contribution in [0.4, 0.5) is 0 Å². The third-order valence-corrected chi connectivity index (χ3v) is 0. The Hall–Kier alpha value is 6.32. The normalized spacial score (nSPS) is 4.09. The third kappa shape index (κ3) is 1270. The summed E-state index contributed by atoms with van der Waals surface area (Å²) < 4.78 is 0. The van der Waals surface area contributed by atoms with Crippen LogP contribution in [0.25, 0.3) is 0 Å². The maximum atomic E-state index is 8.42. The summed E-state index contributed by atoms with van der Waals surface area (Å²) in [5.74, 6) is 0. The summed E-state index contributed by atoms with van der Waals surface area (Å²) >= 11 is 0. The summed E-state index contributed by atoms with van der Waals surface area (Å²) in [5, 5.41) is 126. The van der Waals surface area contributed by atoms with Crippen LogP contribution in [0.3, 0.4) is 0 Å². The van der Waals surface area contributed by atoms with Crippen LogP contribution in [-0.2, 0) is 68.3 Å². The van der Waals surface area contributed by atoms with Gasteiger partial charge in [0, 0.05) is 0 Å². The minimum Gasteiger partial charge on any atom is -1.00 e. The van der Waals surface area contributed by atoms with E-state index in [9.17, 15) is 0 Å². The largest absolute Gasteiger partial charge is 3.00 e. The van der Waals surface area contributed by atoms with Crippen molar-refractivity contribution >= 4 is 129 Å². The van der Waals surface area contributed by atoms with E-state index >= 15 is 0 Å². The molecule has 0 rings (SSSR count). The van der Waals surface area contributed by atoms with Crippen molar-refractivity contribution in [3.8, 4) is 0 Å². The third-order valence-electron chi connectivity index (χ3n) is 0. The van der Waals surface area contributed by atoms with Gasteiger partial charge in [-0.05, 0) is 0 Å². The fourth-order valence-corrected chi connectivity index (χ4v) is 0. The van der Waals surface area contributed by atoms with E-state index in [0.29, 0.717) is 0 Å². The van der Waals surface area contributed by atoms with Crippen LogP contribution in [0.15, 0.2) is 0 Å². The molecule has 0 aliphatic carbocycles. The van der Waals surface area contributed by atoms with E-state index in [4.69, 9.17) is 75.4 Å². The van der Waals surface area contributed by atoms with Crippen LogP contribution in [0.1, 0.15) is 0 Å². The van der Waals surface area contributed by atoms with Crippen molar-refractivity contribution in [1.29, 1.82) is 0 Å². The number of hydrogen-bond acceptors (Lipinski definition) is 15. The van der Waals surface area contributed by atoms with Crippen molar-refractivity contribution in [1.82, 2.24) is 0 Å². The van der Waals surface area contributed by atoms with Crippen LogP contribution in [0, 0.1) is 0 Å². The van der Waals surface area contributed by atoms with E-state index in [-0.39, 0.29) is 223 Å². The zero-order chi connectivity index (χ0) is 17.9. The molecule has 0 aliphatic heterocycles. The van der Waals surface area contributed by atoms with Crippen molar-refractivity contribution in [3.05, 3.63) is 0 Å². The molecule has 0 saturated heterocycles. The Morgan fingerprint density at radius 1 is 0.212 bits per heavy atom. The molecule has 0 atom stereocenters. The first kappa shape index (κ1) is 127. The molecule has 0 N–H and O–H groups in total. The molecular weight excluding hydrogens is 792 g/mol. The molecule has 0 spiro atoms. The molecule has 4 radical (unpaired) electrons. The molecule has 33 heteroatoms. The van der Waals surface area contributed by atoms with Crippen LogP contribution in [0.2, 0.25) is 0 Å². The van der Waals surface area contributed by atoms with E-state index in [1.54, 1.807) is 0 Å². The van der Waals surface area contributed by atoms with E-state index in [2.05, 4.69) is 0 Å². The first-order valence-electron chi connectivity index (χ1n) is 3.54. The van der Waals surface area contributed by atoms with Gasteiger partial charge < -0.3 is 137 Å². The number of rotatable bonds is 0. The Bertz CT molecular complexity index is 127. The maximum absolute atomic E-state index is 8.42. The van der Waals surface area contributed by atoms with Gasteiger partial charge in [0.05, 0.1) is 0 Å². The van der Waals surface area contributed by atoms with Gasteiger partial charge in [-0.25, -0.2) is 0 Å². The predicted molar refractivity (Wildman–Crippen MR) is 51.8 cm³/mol. The van der Waals surface area contributed by atoms with E-state index in [1.807, 2.05) is 0 Å². The van der Waals surface area contributed by atoms with Gasteiger partial charge >= 0.3 is 160 Å². The molecule has 0 unspecified atom stereocenters. The van der Waals surface area contributed by atoms with Crippen molar-refractivity contribution < 1.29 is 206 Å². The first-order valence-corrected chi connectivity index (χ1v) is 3.54. The fourth-order valence-electron chi connectivity index (χ4n) is 0. The second kappa shape index (κ2) is 117. The van der Waals surface area contributed by atoms with Gasteiger partial charge in [-0.15, -0.1) is 0 Å². The Labute approximate surface area is 329 Å². The van der Waals surface area contributed by atoms with Crippen LogP contribution >= 0.6 is 0 Å². The average molecular weight is 792 g/mol. The smallest absolute Gasteiger partial charge is 1.00 e. The minimum absolute atomic E-state index is 0. The van der Waals surface area contributed by atoms with E-state index < -0.39 is 36.6 Å². The summed E-state index contributed by atoms with van der Waals surface area (Å²) in [5.41, 5.74) is 0. The standard InChI is InChI=1S/5BO3.5ClH.4Fe.4Mg/c5*2-1(3)4;;;;;;;;;;;;;/h;;;;;5*1H;;;;;;;;/q5*-3;;;;;;4*+3;4*+2/p-5. The molecule has 0 fully saturated rings. The van der Waals surface area contributed by atoms with Crippen molar-refractivity contribution in [3.63, 3.8) is 0 Å². The molecule has 33 heavy (non-hydrogen) atoms. The second-order valence-corrected chi connectivity index (χ2v) is 1.44. The number of halogens is 5. The summed E-state index contributed by atoms with van der Waals surface area (Å²) in [4.78, 5) is 0. The van der Waals surface area contributed by atoms with Gasteiger partial charge in [-0.3, -0.25) is 36.6 Å². The molecule has 0 bridgehead atoms. The Morgan fingerprint density at radius 2 is 0.212 bits per heavy atom. The SMILES string of the molecule is [Cl-].[Cl-].[Cl-].[Cl-].[Cl-].[Fe+3].[Fe+3].[Fe+3].[Fe+3].[Mg+2].[Mg+2].[Mg+2].[Mg+2].[O-]B([O-])[O-].[O-]B([O-])[O-].[O-]B([O-])[O-].[O-]B([O-])[O-].[O-]B([O-])[O-]. The fraction of sp³-hybridized carbons (Fsp3) is 0. The summed E-state index contributed by atoms with van der Waals surface area (Å²) in [6.45, 7) is 0. The van der Waals surface area contributed by atoms with Crippen LogP contribution in [0.5, 0.6) is 0 Å². The van der Waals surface area contributed by atoms with Gasteiger partial charge in [0.15, 0.2) is 0 Å². The van der Waals surface area contributed by atoms with E-state index in [0.717, 1.165) is 0 Å². The summed E-state index contributed by atoms with van der Waals surface area (Å²) in [6.07, 6.45) is 0. The molecule has 0 saturated carbocycles. The summed E-state index contributed by atoms with van der Waals surface area (Å²) in [6, 6.07) is 0. The monoisotopic (exact) mass is 789 g/mol. The molecule has 15 nitrogen and oxygen atoms in total. The zero-order valence-electron chi connectivity index (χ0n) is 15.1. The minimum atomic E-state index is -2.92. The Morgan fingerprint density at radius 3 is 0.212 bits per heavy atom. The molecule has 0 aromatic heterocycles. The topological polar surface area (TPSA) is 346 Å². The van der Waals surface area contributed by atoms with Crippen molar-refractivity contribution in [2.24, 2.45) is 0 Å². The maximum Gasteiger partial charge on any atom is 3.00 e. The molecule has 0 heterocycles. The van der Waals surface area contributed by atoms with Crippen LogP contribution in [-0.4, -0.2) is 129 Å². The van der Waals surface area contributed by atoms with Gasteiger partial charge in [-0.2, -0.15) is 0 Å². The average Bonchev–Trinajstić information content (AvgIpc) is 1.94. The molecule has 0 aromatic rings.